The average Bonchev–Trinajstić information content (AvgIpc) is 2.41. The molecule has 0 N–H and O–H groups in total. The second-order valence-electron chi connectivity index (χ2n) is 3.66. The van der Waals surface area contributed by atoms with Crippen LogP contribution in [0.5, 0.6) is 0 Å². The van der Waals surface area contributed by atoms with Crippen molar-refractivity contribution in [1.82, 2.24) is 0 Å². The Morgan fingerprint density at radius 2 is 2.14 bits per heavy atom. The first-order valence-electron chi connectivity index (χ1n) is 5.01. The van der Waals surface area contributed by atoms with Crippen LogP contribution >= 0.6 is 0 Å². The molecule has 2 heterocycles. The first-order valence-corrected chi connectivity index (χ1v) is 5.01. The van der Waals surface area contributed by atoms with Gasteiger partial charge in [0.05, 0.1) is 6.61 Å². The zero-order valence-electron chi connectivity index (χ0n) is 7.90. The van der Waals surface area contributed by atoms with Gasteiger partial charge < -0.3 is 9.47 Å². The monoisotopic (exact) mass is 188 g/mol. The number of ether oxygens (including phenoxy) is 2. The van der Waals surface area contributed by atoms with E-state index < -0.39 is 0 Å². The Labute approximate surface area is 83.1 Å². The molecule has 72 valence electrons. The molecule has 2 heteroatoms. The van der Waals surface area contributed by atoms with Gasteiger partial charge in [-0.1, -0.05) is 24.3 Å². The fourth-order valence-corrected chi connectivity index (χ4v) is 1.96. The average molecular weight is 188 g/mol. The standard InChI is InChI=1S/C12H12O2/c1-2-6-11-9(4-1)8-10-5-3-7-13-12(11)14-10/h1-2,4,6,8,12H,3,5,7H2. The Bertz CT molecular complexity index is 382. The van der Waals surface area contributed by atoms with Crippen molar-refractivity contribution >= 4 is 6.08 Å². The van der Waals surface area contributed by atoms with Crippen LogP contribution in [0.25, 0.3) is 6.08 Å². The summed E-state index contributed by atoms with van der Waals surface area (Å²) in [6.07, 6.45) is 4.00. The molecule has 3 rings (SSSR count). The highest BCUT2D eigenvalue weighted by Crippen LogP contribution is 2.35. The third kappa shape index (κ3) is 1.23. The van der Waals surface area contributed by atoms with Crippen molar-refractivity contribution < 1.29 is 9.47 Å². The Balaban J connectivity index is 2.12. The zero-order valence-corrected chi connectivity index (χ0v) is 7.90. The highest BCUT2D eigenvalue weighted by molar-refractivity contribution is 5.57. The fourth-order valence-electron chi connectivity index (χ4n) is 1.96. The molecule has 2 aliphatic rings. The van der Waals surface area contributed by atoms with Gasteiger partial charge in [0.1, 0.15) is 5.76 Å². The van der Waals surface area contributed by atoms with Gasteiger partial charge in [-0.05, 0) is 18.1 Å². The number of hydrogen-bond donors (Lipinski definition) is 0. The molecule has 0 aliphatic carbocycles. The van der Waals surface area contributed by atoms with Crippen LogP contribution in [0, 0.1) is 0 Å². The summed E-state index contributed by atoms with van der Waals surface area (Å²) in [4.78, 5) is 0. The van der Waals surface area contributed by atoms with Crippen molar-refractivity contribution in [1.29, 1.82) is 0 Å². The van der Waals surface area contributed by atoms with Crippen LogP contribution < -0.4 is 0 Å². The van der Waals surface area contributed by atoms with E-state index >= 15 is 0 Å². The summed E-state index contributed by atoms with van der Waals surface area (Å²) in [5, 5.41) is 0. The van der Waals surface area contributed by atoms with Crippen LogP contribution in [0.15, 0.2) is 30.0 Å². The number of hydrogen-bond acceptors (Lipinski definition) is 2. The first kappa shape index (κ1) is 8.06. The smallest absolute Gasteiger partial charge is 0.226 e. The van der Waals surface area contributed by atoms with Gasteiger partial charge in [-0.2, -0.15) is 0 Å². The summed E-state index contributed by atoms with van der Waals surface area (Å²) in [7, 11) is 0. The molecule has 0 aromatic heterocycles. The third-order valence-electron chi connectivity index (χ3n) is 2.66. The molecule has 0 radical (unpaired) electrons. The van der Waals surface area contributed by atoms with E-state index in [0.717, 1.165) is 30.8 Å². The molecule has 0 saturated carbocycles. The highest BCUT2D eigenvalue weighted by atomic mass is 16.7. The maximum Gasteiger partial charge on any atom is 0.226 e. The summed E-state index contributed by atoms with van der Waals surface area (Å²) in [6, 6.07) is 8.25. The molecule has 0 amide bonds. The molecule has 2 bridgehead atoms. The number of rotatable bonds is 0. The maximum absolute atomic E-state index is 5.71. The minimum Gasteiger partial charge on any atom is -0.465 e. The Kier molecular flexibility index (Phi) is 1.81. The van der Waals surface area contributed by atoms with E-state index in [4.69, 9.17) is 9.47 Å². The zero-order chi connectivity index (χ0) is 9.38. The van der Waals surface area contributed by atoms with Crippen molar-refractivity contribution in [3.63, 3.8) is 0 Å². The summed E-state index contributed by atoms with van der Waals surface area (Å²) >= 11 is 0. The molecule has 2 aliphatic heterocycles. The molecule has 2 nitrogen and oxygen atoms in total. The summed E-state index contributed by atoms with van der Waals surface area (Å²) in [6.45, 7) is 0.788. The van der Waals surface area contributed by atoms with Crippen molar-refractivity contribution in [3.8, 4) is 0 Å². The fraction of sp³-hybridized carbons (Fsp3) is 0.333. The van der Waals surface area contributed by atoms with Gasteiger partial charge in [0, 0.05) is 12.0 Å². The predicted molar refractivity (Wildman–Crippen MR) is 53.4 cm³/mol. The van der Waals surface area contributed by atoms with Crippen LogP contribution in [0.4, 0.5) is 0 Å². The Morgan fingerprint density at radius 1 is 1.21 bits per heavy atom. The highest BCUT2D eigenvalue weighted by Gasteiger charge is 2.24. The summed E-state index contributed by atoms with van der Waals surface area (Å²) < 4.78 is 11.3. The van der Waals surface area contributed by atoms with Crippen LogP contribution in [0.1, 0.15) is 30.3 Å². The topological polar surface area (TPSA) is 18.5 Å². The Morgan fingerprint density at radius 3 is 3.14 bits per heavy atom. The van der Waals surface area contributed by atoms with Gasteiger partial charge in [-0.25, -0.2) is 0 Å². The number of fused-ring (bicyclic) bond motifs is 4. The SMILES string of the molecule is C1=C2CCCOC(O2)c2ccccc21. The van der Waals surface area contributed by atoms with E-state index in [-0.39, 0.29) is 6.29 Å². The number of allylic oxidation sites excluding steroid dienone is 1. The summed E-state index contributed by atoms with van der Waals surface area (Å²) in [5.74, 6) is 1.06. The summed E-state index contributed by atoms with van der Waals surface area (Å²) in [5.41, 5.74) is 2.39. The van der Waals surface area contributed by atoms with E-state index in [2.05, 4.69) is 18.2 Å². The molecular weight excluding hydrogens is 176 g/mol. The van der Waals surface area contributed by atoms with Gasteiger partial charge in [0.15, 0.2) is 0 Å². The predicted octanol–water partition coefficient (Wildman–Crippen LogP) is 2.87. The lowest BCUT2D eigenvalue weighted by atomic mass is 10.0. The quantitative estimate of drug-likeness (QED) is 0.623. The van der Waals surface area contributed by atoms with Gasteiger partial charge in [-0.15, -0.1) is 0 Å². The lowest BCUT2D eigenvalue weighted by Gasteiger charge is -2.23. The van der Waals surface area contributed by atoms with Gasteiger partial charge in [0.2, 0.25) is 6.29 Å². The minimum absolute atomic E-state index is 0.173. The number of benzene rings is 1. The van der Waals surface area contributed by atoms with Crippen molar-refractivity contribution in [2.75, 3.05) is 6.61 Å². The van der Waals surface area contributed by atoms with Crippen molar-refractivity contribution in [2.24, 2.45) is 0 Å². The van der Waals surface area contributed by atoms with Crippen LogP contribution in [0.3, 0.4) is 0 Å². The van der Waals surface area contributed by atoms with E-state index in [1.54, 1.807) is 0 Å². The second-order valence-corrected chi connectivity index (χ2v) is 3.66. The molecule has 1 atom stereocenters. The third-order valence-corrected chi connectivity index (χ3v) is 2.66. The lowest BCUT2D eigenvalue weighted by molar-refractivity contribution is -0.109. The van der Waals surface area contributed by atoms with Gasteiger partial charge >= 0.3 is 0 Å². The maximum atomic E-state index is 5.71. The van der Waals surface area contributed by atoms with Crippen LogP contribution in [-0.4, -0.2) is 6.61 Å². The van der Waals surface area contributed by atoms with E-state index in [9.17, 15) is 0 Å². The molecule has 1 fully saturated rings. The normalized spacial score (nSPS) is 24.3. The molecule has 1 unspecified atom stereocenters. The molecule has 14 heavy (non-hydrogen) atoms. The van der Waals surface area contributed by atoms with E-state index in [0.29, 0.717) is 0 Å². The van der Waals surface area contributed by atoms with Gasteiger partial charge in [-0.3, -0.25) is 0 Å². The Hall–Kier alpha value is -1.28. The largest absolute Gasteiger partial charge is 0.465 e. The minimum atomic E-state index is -0.173. The van der Waals surface area contributed by atoms with E-state index in [1.165, 1.54) is 5.56 Å². The van der Waals surface area contributed by atoms with Gasteiger partial charge in [0.25, 0.3) is 0 Å². The van der Waals surface area contributed by atoms with E-state index in [1.807, 2.05) is 12.1 Å². The van der Waals surface area contributed by atoms with Crippen LogP contribution in [-0.2, 0) is 9.47 Å². The van der Waals surface area contributed by atoms with Crippen molar-refractivity contribution in [2.45, 2.75) is 19.1 Å². The van der Waals surface area contributed by atoms with Crippen molar-refractivity contribution in [3.05, 3.63) is 41.2 Å². The molecule has 0 spiro atoms. The second kappa shape index (κ2) is 3.14. The van der Waals surface area contributed by atoms with Crippen LogP contribution in [0.2, 0.25) is 0 Å². The molecule has 1 aromatic carbocycles. The molecule has 1 saturated heterocycles. The lowest BCUT2D eigenvalue weighted by Crippen LogP contribution is -2.11. The first-order chi connectivity index (χ1) is 6.93. The molecule has 1 aromatic rings. The molecular formula is C12H12O2.